The minimum atomic E-state index is -0.880. The van der Waals surface area contributed by atoms with Crippen molar-refractivity contribution in [1.82, 2.24) is 14.5 Å². The Bertz CT molecular complexity index is 795. The molecule has 0 amide bonds. The van der Waals surface area contributed by atoms with Crippen LogP contribution >= 0.6 is 0 Å². The van der Waals surface area contributed by atoms with E-state index in [4.69, 9.17) is 5.73 Å². The van der Waals surface area contributed by atoms with E-state index in [1.165, 1.54) is 6.07 Å². The van der Waals surface area contributed by atoms with Gasteiger partial charge in [0.2, 0.25) is 5.95 Å². The maximum atomic E-state index is 13.2. The second-order valence-corrected chi connectivity index (χ2v) is 4.60. The second-order valence-electron chi connectivity index (χ2n) is 4.60. The molecule has 0 aliphatic rings. The summed E-state index contributed by atoms with van der Waals surface area (Å²) in [7, 11) is 0. The van der Waals surface area contributed by atoms with Crippen LogP contribution in [-0.4, -0.2) is 14.5 Å². The van der Waals surface area contributed by atoms with Gasteiger partial charge >= 0.3 is 0 Å². The van der Waals surface area contributed by atoms with Crippen molar-refractivity contribution in [1.29, 1.82) is 0 Å². The van der Waals surface area contributed by atoms with Crippen molar-refractivity contribution in [2.45, 2.75) is 13.5 Å². The van der Waals surface area contributed by atoms with Crippen LogP contribution in [-0.2, 0) is 6.54 Å². The van der Waals surface area contributed by atoms with Gasteiger partial charge in [0, 0.05) is 5.69 Å². The molecule has 0 aliphatic heterocycles. The minimum Gasteiger partial charge on any atom is -0.369 e. The number of rotatable bonds is 2. The van der Waals surface area contributed by atoms with Crippen LogP contribution in [0.2, 0.25) is 0 Å². The molecule has 2 N–H and O–H groups in total. The fourth-order valence-electron chi connectivity index (χ4n) is 2.09. The fourth-order valence-corrected chi connectivity index (χ4v) is 2.09. The van der Waals surface area contributed by atoms with Crippen LogP contribution in [0, 0.1) is 18.6 Å². The van der Waals surface area contributed by atoms with E-state index >= 15 is 0 Å². The number of nitrogen functional groups attached to an aromatic ring is 1. The zero-order chi connectivity index (χ0) is 14.3. The molecule has 0 unspecified atom stereocenters. The standard InChI is InChI=1S/C14H12F2N4/c1-8-2-5-12-13(18-8)20(14(17)19-12)7-9-3-4-10(15)11(16)6-9/h2-6H,7H2,1H3,(H2,17,19). The van der Waals surface area contributed by atoms with Crippen molar-refractivity contribution in [3.05, 3.63) is 53.2 Å². The van der Waals surface area contributed by atoms with Crippen molar-refractivity contribution in [2.24, 2.45) is 0 Å². The first-order valence-corrected chi connectivity index (χ1v) is 6.08. The lowest BCUT2D eigenvalue weighted by Crippen LogP contribution is -2.06. The van der Waals surface area contributed by atoms with Crippen LogP contribution in [0.5, 0.6) is 0 Å². The molecule has 3 rings (SSSR count). The van der Waals surface area contributed by atoms with E-state index in [-0.39, 0.29) is 6.54 Å². The first kappa shape index (κ1) is 12.5. The Morgan fingerprint density at radius 2 is 1.90 bits per heavy atom. The quantitative estimate of drug-likeness (QED) is 0.781. The van der Waals surface area contributed by atoms with Crippen molar-refractivity contribution in [3.63, 3.8) is 0 Å². The van der Waals surface area contributed by atoms with Crippen molar-refractivity contribution in [2.75, 3.05) is 5.73 Å². The largest absolute Gasteiger partial charge is 0.369 e. The van der Waals surface area contributed by atoms with Crippen LogP contribution in [0.1, 0.15) is 11.3 Å². The smallest absolute Gasteiger partial charge is 0.202 e. The molecule has 0 aliphatic carbocycles. The number of benzene rings is 1. The van der Waals surface area contributed by atoms with E-state index in [0.29, 0.717) is 22.7 Å². The highest BCUT2D eigenvalue weighted by Crippen LogP contribution is 2.19. The minimum absolute atomic E-state index is 0.288. The number of fused-ring (bicyclic) bond motifs is 1. The second kappa shape index (κ2) is 4.56. The van der Waals surface area contributed by atoms with Gasteiger partial charge in [0.25, 0.3) is 0 Å². The van der Waals surface area contributed by atoms with E-state index in [1.54, 1.807) is 4.57 Å². The number of halogens is 2. The highest BCUT2D eigenvalue weighted by atomic mass is 19.2. The molecule has 0 bridgehead atoms. The Labute approximate surface area is 113 Å². The normalized spacial score (nSPS) is 11.2. The first-order valence-electron chi connectivity index (χ1n) is 6.08. The summed E-state index contributed by atoms with van der Waals surface area (Å²) in [6, 6.07) is 7.43. The van der Waals surface area contributed by atoms with Crippen molar-refractivity contribution >= 4 is 17.1 Å². The van der Waals surface area contributed by atoms with Crippen molar-refractivity contribution < 1.29 is 8.78 Å². The molecular formula is C14H12F2N4. The lowest BCUT2D eigenvalue weighted by atomic mass is 10.2. The van der Waals surface area contributed by atoms with Gasteiger partial charge in [-0.25, -0.2) is 18.7 Å². The van der Waals surface area contributed by atoms with Gasteiger partial charge in [-0.05, 0) is 36.8 Å². The molecule has 0 fully saturated rings. The number of anilines is 1. The Hall–Kier alpha value is -2.50. The van der Waals surface area contributed by atoms with E-state index < -0.39 is 11.6 Å². The van der Waals surface area contributed by atoms with Crippen LogP contribution < -0.4 is 5.73 Å². The topological polar surface area (TPSA) is 56.7 Å². The van der Waals surface area contributed by atoms with Crippen LogP contribution in [0.3, 0.4) is 0 Å². The van der Waals surface area contributed by atoms with Gasteiger partial charge in [-0.2, -0.15) is 0 Å². The van der Waals surface area contributed by atoms with E-state index in [0.717, 1.165) is 17.8 Å². The maximum absolute atomic E-state index is 13.2. The summed E-state index contributed by atoms with van der Waals surface area (Å²) < 4.78 is 27.8. The number of imidazole rings is 1. The Balaban J connectivity index is 2.07. The molecule has 1 aromatic carbocycles. The summed E-state index contributed by atoms with van der Waals surface area (Å²) in [5.74, 6) is -1.45. The lowest BCUT2D eigenvalue weighted by molar-refractivity contribution is 0.506. The molecule has 102 valence electrons. The number of nitrogens with two attached hydrogens (primary N) is 1. The fraction of sp³-hybridized carbons (Fsp3) is 0.143. The van der Waals surface area contributed by atoms with Gasteiger partial charge in [0.1, 0.15) is 5.52 Å². The lowest BCUT2D eigenvalue weighted by Gasteiger charge is -2.06. The highest BCUT2D eigenvalue weighted by Gasteiger charge is 2.11. The summed E-state index contributed by atoms with van der Waals surface area (Å²) in [6.07, 6.45) is 0. The number of aromatic nitrogens is 3. The molecule has 0 radical (unpaired) electrons. The predicted octanol–water partition coefficient (Wildman–Crippen LogP) is 2.65. The van der Waals surface area contributed by atoms with E-state index in [1.807, 2.05) is 19.1 Å². The Morgan fingerprint density at radius 1 is 1.10 bits per heavy atom. The molecule has 0 saturated carbocycles. The molecule has 4 nitrogen and oxygen atoms in total. The van der Waals surface area contributed by atoms with Gasteiger partial charge in [-0.1, -0.05) is 6.07 Å². The first-order chi connectivity index (χ1) is 9.54. The van der Waals surface area contributed by atoms with Gasteiger partial charge in [0.05, 0.1) is 6.54 Å². The molecule has 0 atom stereocenters. The van der Waals surface area contributed by atoms with Crippen LogP contribution in [0.4, 0.5) is 14.7 Å². The molecule has 3 aromatic rings. The third-order valence-corrected chi connectivity index (χ3v) is 3.09. The van der Waals surface area contributed by atoms with Crippen LogP contribution in [0.25, 0.3) is 11.2 Å². The highest BCUT2D eigenvalue weighted by molar-refractivity contribution is 5.74. The number of hydrogen-bond donors (Lipinski definition) is 1. The summed E-state index contributed by atoms with van der Waals surface area (Å²) in [5, 5.41) is 0. The average Bonchev–Trinajstić information content (AvgIpc) is 2.70. The molecule has 6 heteroatoms. The summed E-state index contributed by atoms with van der Waals surface area (Å²) in [4.78, 5) is 8.59. The summed E-state index contributed by atoms with van der Waals surface area (Å²) in [6.45, 7) is 2.15. The zero-order valence-electron chi connectivity index (χ0n) is 10.8. The van der Waals surface area contributed by atoms with Gasteiger partial charge in [-0.3, -0.25) is 4.57 Å². The Kier molecular flexibility index (Phi) is 2.85. The van der Waals surface area contributed by atoms with Gasteiger partial charge < -0.3 is 5.73 Å². The van der Waals surface area contributed by atoms with Gasteiger partial charge in [0.15, 0.2) is 17.3 Å². The zero-order valence-corrected chi connectivity index (χ0v) is 10.8. The van der Waals surface area contributed by atoms with Crippen LogP contribution in [0.15, 0.2) is 30.3 Å². The number of aryl methyl sites for hydroxylation is 1. The Morgan fingerprint density at radius 3 is 2.65 bits per heavy atom. The number of nitrogens with zero attached hydrogens (tertiary/aromatic N) is 3. The molecule has 0 spiro atoms. The van der Waals surface area contributed by atoms with Gasteiger partial charge in [-0.15, -0.1) is 0 Å². The molecule has 20 heavy (non-hydrogen) atoms. The predicted molar refractivity (Wildman–Crippen MR) is 72.1 cm³/mol. The average molecular weight is 274 g/mol. The van der Waals surface area contributed by atoms with Crippen molar-refractivity contribution in [3.8, 4) is 0 Å². The van der Waals surface area contributed by atoms with E-state index in [9.17, 15) is 8.78 Å². The molecular weight excluding hydrogens is 262 g/mol. The number of pyridine rings is 1. The van der Waals surface area contributed by atoms with E-state index in [2.05, 4.69) is 9.97 Å². The SMILES string of the molecule is Cc1ccc2nc(N)n(Cc3ccc(F)c(F)c3)c2n1. The maximum Gasteiger partial charge on any atom is 0.202 e. The molecule has 2 aromatic heterocycles. The summed E-state index contributed by atoms with van der Waals surface area (Å²) in [5.41, 5.74) is 8.60. The molecule has 2 heterocycles. The summed E-state index contributed by atoms with van der Waals surface area (Å²) >= 11 is 0. The third-order valence-electron chi connectivity index (χ3n) is 3.09. The monoisotopic (exact) mass is 274 g/mol. The number of hydrogen-bond acceptors (Lipinski definition) is 3. The molecule has 0 saturated heterocycles. The third kappa shape index (κ3) is 2.09.